The van der Waals surface area contributed by atoms with Crippen LogP contribution >= 0.6 is 24.0 Å². The summed E-state index contributed by atoms with van der Waals surface area (Å²) in [6.45, 7) is 5.17. The standard InChI is InChI=1S/C27H26ClN9O.ClH/c28-20-4-3-5-22(18-20)36-16-14-35(15-17-36)13-12-29-27(38)19-8-10-21(11-9-19)30-25-26-32-33-34-37(26)24-7-2-1-6-23(24)31-25;/h1-11,18H,12-17H2,(H,29,38)(H,30,31);1H. The number of carbonyl (C=O) groups is 1. The Labute approximate surface area is 236 Å². The number of fused-ring (bicyclic) bond motifs is 3. The third kappa shape index (κ3) is 5.88. The molecule has 1 saturated heterocycles. The summed E-state index contributed by atoms with van der Waals surface area (Å²) in [5, 5.41) is 19.0. The fourth-order valence-corrected chi connectivity index (χ4v) is 4.85. The highest BCUT2D eigenvalue weighted by Crippen LogP contribution is 2.23. The maximum atomic E-state index is 12.7. The van der Waals surface area contributed by atoms with Crippen molar-refractivity contribution in [3.8, 4) is 0 Å². The van der Waals surface area contributed by atoms with Gasteiger partial charge >= 0.3 is 0 Å². The van der Waals surface area contributed by atoms with Crippen LogP contribution in [0.2, 0.25) is 5.02 Å². The highest BCUT2D eigenvalue weighted by atomic mass is 35.5. The zero-order valence-electron chi connectivity index (χ0n) is 21.0. The van der Waals surface area contributed by atoms with Crippen molar-refractivity contribution >= 4 is 63.8 Å². The van der Waals surface area contributed by atoms with Gasteiger partial charge in [0.05, 0.1) is 11.0 Å². The van der Waals surface area contributed by atoms with Crippen molar-refractivity contribution in [2.75, 3.05) is 49.5 Å². The molecule has 12 heteroatoms. The number of carbonyl (C=O) groups excluding carboxylic acids is 1. The molecule has 200 valence electrons. The number of amides is 1. The molecule has 0 unspecified atom stereocenters. The molecule has 3 aromatic carbocycles. The Morgan fingerprint density at radius 2 is 1.74 bits per heavy atom. The molecule has 0 atom stereocenters. The number of piperazine rings is 1. The lowest BCUT2D eigenvalue weighted by molar-refractivity contribution is 0.0948. The van der Waals surface area contributed by atoms with Crippen LogP contribution in [-0.4, -0.2) is 75.1 Å². The third-order valence-corrected chi connectivity index (χ3v) is 6.93. The Balaban J connectivity index is 0.00000308. The molecule has 5 aromatic rings. The maximum absolute atomic E-state index is 12.7. The summed E-state index contributed by atoms with van der Waals surface area (Å²) >= 11 is 6.13. The van der Waals surface area contributed by atoms with Gasteiger partial charge in [0.25, 0.3) is 5.91 Å². The predicted octanol–water partition coefficient (Wildman–Crippen LogP) is 4.04. The molecular weight excluding hydrogens is 537 g/mol. The van der Waals surface area contributed by atoms with Crippen LogP contribution in [0.1, 0.15) is 10.4 Å². The molecule has 0 spiro atoms. The van der Waals surface area contributed by atoms with E-state index in [2.05, 4.69) is 47.0 Å². The first kappa shape index (κ1) is 26.6. The monoisotopic (exact) mass is 563 g/mol. The normalized spacial score (nSPS) is 13.8. The summed E-state index contributed by atoms with van der Waals surface area (Å²) in [6.07, 6.45) is 0. The third-order valence-electron chi connectivity index (χ3n) is 6.69. The molecule has 39 heavy (non-hydrogen) atoms. The van der Waals surface area contributed by atoms with Gasteiger partial charge in [-0.25, -0.2) is 4.98 Å². The highest BCUT2D eigenvalue weighted by Gasteiger charge is 2.17. The van der Waals surface area contributed by atoms with Crippen molar-refractivity contribution in [3.05, 3.63) is 83.4 Å². The SMILES string of the molecule is Cl.O=C(NCCN1CCN(c2cccc(Cl)c2)CC1)c1ccc(Nc2nc3ccccc3n3nnnc23)cc1. The summed E-state index contributed by atoms with van der Waals surface area (Å²) in [5.41, 5.74) is 4.67. The van der Waals surface area contributed by atoms with E-state index in [1.807, 2.05) is 54.6 Å². The number of hydrogen-bond donors (Lipinski definition) is 2. The molecule has 3 heterocycles. The molecule has 0 radical (unpaired) electrons. The molecule has 2 N–H and O–H groups in total. The molecule has 0 aliphatic carbocycles. The van der Waals surface area contributed by atoms with Crippen LogP contribution in [0.25, 0.3) is 16.7 Å². The smallest absolute Gasteiger partial charge is 0.251 e. The van der Waals surface area contributed by atoms with Gasteiger partial charge in [0.15, 0.2) is 5.82 Å². The van der Waals surface area contributed by atoms with E-state index in [0.29, 0.717) is 23.6 Å². The Kier molecular flexibility index (Phi) is 8.06. The number of benzene rings is 3. The fourth-order valence-electron chi connectivity index (χ4n) is 4.66. The van der Waals surface area contributed by atoms with Gasteiger partial charge in [0.1, 0.15) is 0 Å². The average Bonchev–Trinajstić information content (AvgIpc) is 3.45. The molecule has 1 aliphatic rings. The van der Waals surface area contributed by atoms with Gasteiger partial charge in [-0.1, -0.05) is 29.8 Å². The minimum absolute atomic E-state index is 0. The van der Waals surface area contributed by atoms with Gasteiger partial charge in [-0.3, -0.25) is 9.69 Å². The lowest BCUT2D eigenvalue weighted by atomic mass is 10.2. The number of nitrogens with zero attached hydrogens (tertiary/aromatic N) is 7. The second kappa shape index (κ2) is 11.8. The number of anilines is 3. The number of para-hydroxylation sites is 2. The average molecular weight is 564 g/mol. The predicted molar refractivity (Wildman–Crippen MR) is 155 cm³/mol. The molecule has 0 saturated carbocycles. The number of rotatable bonds is 7. The summed E-state index contributed by atoms with van der Waals surface area (Å²) in [7, 11) is 0. The van der Waals surface area contributed by atoms with Crippen molar-refractivity contribution in [1.82, 2.24) is 35.2 Å². The quantitative estimate of drug-likeness (QED) is 0.305. The first-order valence-electron chi connectivity index (χ1n) is 12.5. The number of tetrazole rings is 1. The molecule has 1 fully saturated rings. The molecule has 0 bridgehead atoms. The van der Waals surface area contributed by atoms with Crippen molar-refractivity contribution in [3.63, 3.8) is 0 Å². The van der Waals surface area contributed by atoms with Crippen molar-refractivity contribution in [2.45, 2.75) is 0 Å². The van der Waals surface area contributed by atoms with E-state index in [1.54, 1.807) is 16.6 Å². The Hall–Kier alpha value is -3.99. The topological polar surface area (TPSA) is 104 Å². The lowest BCUT2D eigenvalue weighted by Gasteiger charge is -2.36. The lowest BCUT2D eigenvalue weighted by Crippen LogP contribution is -2.48. The van der Waals surface area contributed by atoms with E-state index in [0.717, 1.165) is 60.2 Å². The van der Waals surface area contributed by atoms with E-state index in [4.69, 9.17) is 11.6 Å². The Morgan fingerprint density at radius 1 is 0.949 bits per heavy atom. The number of aromatic nitrogens is 5. The largest absolute Gasteiger partial charge is 0.369 e. The van der Waals surface area contributed by atoms with E-state index in [1.165, 1.54) is 0 Å². The Morgan fingerprint density at radius 3 is 2.54 bits per heavy atom. The number of hydrogen-bond acceptors (Lipinski definition) is 8. The fraction of sp³-hybridized carbons (Fsp3) is 0.222. The second-order valence-corrected chi connectivity index (χ2v) is 9.57. The Bertz CT molecular complexity index is 1580. The number of halogens is 2. The minimum atomic E-state index is -0.0954. The van der Waals surface area contributed by atoms with Crippen molar-refractivity contribution in [1.29, 1.82) is 0 Å². The first-order chi connectivity index (χ1) is 18.6. The summed E-state index contributed by atoms with van der Waals surface area (Å²) in [5.74, 6) is 0.448. The van der Waals surface area contributed by atoms with Crippen LogP contribution in [0, 0.1) is 0 Å². The van der Waals surface area contributed by atoms with Crippen molar-refractivity contribution in [2.24, 2.45) is 0 Å². The molecular formula is C27H27Cl2N9O. The highest BCUT2D eigenvalue weighted by molar-refractivity contribution is 6.30. The molecule has 10 nitrogen and oxygen atoms in total. The first-order valence-corrected chi connectivity index (χ1v) is 12.9. The molecule has 6 rings (SSSR count). The van der Waals surface area contributed by atoms with Gasteiger partial charge in [-0.05, 0) is 65.0 Å². The van der Waals surface area contributed by atoms with E-state index < -0.39 is 0 Å². The summed E-state index contributed by atoms with van der Waals surface area (Å²) in [6, 6.07) is 22.9. The van der Waals surface area contributed by atoms with Crippen LogP contribution in [0.4, 0.5) is 17.2 Å². The molecule has 1 aliphatic heterocycles. The zero-order valence-corrected chi connectivity index (χ0v) is 22.6. The van der Waals surface area contributed by atoms with Crippen LogP contribution < -0.4 is 15.5 Å². The number of nitrogens with one attached hydrogen (secondary N) is 2. The van der Waals surface area contributed by atoms with Crippen LogP contribution in [-0.2, 0) is 0 Å². The van der Waals surface area contributed by atoms with E-state index >= 15 is 0 Å². The molecule has 1 amide bonds. The van der Waals surface area contributed by atoms with Crippen LogP contribution in [0.15, 0.2) is 72.8 Å². The van der Waals surface area contributed by atoms with E-state index in [9.17, 15) is 4.79 Å². The summed E-state index contributed by atoms with van der Waals surface area (Å²) in [4.78, 5) is 22.1. The van der Waals surface area contributed by atoms with Crippen LogP contribution in [0.5, 0.6) is 0 Å². The summed E-state index contributed by atoms with van der Waals surface area (Å²) < 4.78 is 1.66. The van der Waals surface area contributed by atoms with Crippen molar-refractivity contribution < 1.29 is 4.79 Å². The van der Waals surface area contributed by atoms with E-state index in [-0.39, 0.29) is 18.3 Å². The van der Waals surface area contributed by atoms with Gasteiger partial charge in [0, 0.05) is 61.2 Å². The minimum Gasteiger partial charge on any atom is -0.369 e. The van der Waals surface area contributed by atoms with Gasteiger partial charge < -0.3 is 15.5 Å². The second-order valence-electron chi connectivity index (χ2n) is 9.13. The molecule has 2 aromatic heterocycles. The van der Waals surface area contributed by atoms with Gasteiger partial charge in [-0.15, -0.1) is 17.5 Å². The maximum Gasteiger partial charge on any atom is 0.251 e. The van der Waals surface area contributed by atoms with Crippen LogP contribution in [0.3, 0.4) is 0 Å². The van der Waals surface area contributed by atoms with Gasteiger partial charge in [-0.2, -0.15) is 4.52 Å². The van der Waals surface area contributed by atoms with Gasteiger partial charge in [0.2, 0.25) is 5.65 Å². The zero-order chi connectivity index (χ0) is 25.9.